The van der Waals surface area contributed by atoms with Gasteiger partial charge < -0.3 is 0 Å². The van der Waals surface area contributed by atoms with Crippen LogP contribution in [0.3, 0.4) is 0 Å². The lowest BCUT2D eigenvalue weighted by molar-refractivity contribution is 1.24. The van der Waals surface area contributed by atoms with Crippen LogP contribution in [-0.2, 0) is 6.16 Å². The molecule has 2 aromatic carbocycles. The summed E-state index contributed by atoms with van der Waals surface area (Å²) in [4.78, 5) is 0. The predicted molar refractivity (Wildman–Crippen MR) is 88.8 cm³/mol. The molecule has 2 rings (SSSR count). The first-order valence-electron chi connectivity index (χ1n) is 6.19. The van der Waals surface area contributed by atoms with Crippen LogP contribution in [-0.4, -0.2) is 0 Å². The van der Waals surface area contributed by atoms with Gasteiger partial charge in [0.1, 0.15) is 0 Å². The Morgan fingerprint density at radius 1 is 0.889 bits per heavy atom. The quantitative estimate of drug-likeness (QED) is 0.721. The second-order valence-corrected chi connectivity index (χ2v) is 5.94. The maximum absolute atomic E-state index is 2.82. The Kier molecular flexibility index (Phi) is 4.21. The van der Waals surface area contributed by atoms with Gasteiger partial charge in [-0.1, -0.05) is 30.3 Å². The van der Waals surface area contributed by atoms with Crippen LogP contribution in [0.5, 0.6) is 0 Å². The van der Waals surface area contributed by atoms with E-state index in [1.165, 1.54) is 38.7 Å². The lowest BCUT2D eigenvalue weighted by atomic mass is 9.94. The van der Waals surface area contributed by atoms with E-state index in [9.17, 15) is 0 Å². The molecule has 0 saturated carbocycles. The molecule has 0 N–H and O–H groups in total. The highest BCUT2D eigenvalue weighted by molar-refractivity contribution is 7.27. The summed E-state index contributed by atoms with van der Waals surface area (Å²) < 4.78 is 0. The summed E-state index contributed by atoms with van der Waals surface area (Å²) in [6.45, 7) is 6.59. The molecule has 0 amide bonds. The van der Waals surface area contributed by atoms with Crippen molar-refractivity contribution in [2.24, 2.45) is 0 Å². The molecule has 0 fully saturated rings. The number of benzene rings is 2. The largest absolute Gasteiger partial charge is 0.133 e. The highest BCUT2D eigenvalue weighted by Crippen LogP contribution is 2.28. The first-order valence-corrected chi connectivity index (χ1v) is 7.59. The normalized spacial score (nSPS) is 10.7. The van der Waals surface area contributed by atoms with Crippen molar-refractivity contribution in [3.8, 4) is 11.1 Å². The van der Waals surface area contributed by atoms with Crippen LogP contribution in [0.1, 0.15) is 22.3 Å². The fourth-order valence-corrected chi connectivity index (χ4v) is 3.47. The van der Waals surface area contributed by atoms with E-state index in [4.69, 9.17) is 0 Å². The molecule has 2 atom stereocenters. The molecule has 18 heavy (non-hydrogen) atoms. The van der Waals surface area contributed by atoms with Crippen molar-refractivity contribution in [3.63, 3.8) is 0 Å². The maximum Gasteiger partial charge on any atom is -0.0123 e. The topological polar surface area (TPSA) is 0 Å². The molecule has 0 bridgehead atoms. The zero-order valence-electron chi connectivity index (χ0n) is 11.2. The van der Waals surface area contributed by atoms with Crippen LogP contribution in [0.25, 0.3) is 11.1 Å². The second kappa shape index (κ2) is 5.52. The Labute approximate surface area is 115 Å². The molecule has 0 aliphatic heterocycles. The molecular weight excluding hydrogens is 254 g/mol. The van der Waals surface area contributed by atoms with E-state index in [2.05, 4.69) is 69.6 Å². The third kappa shape index (κ3) is 2.66. The fourth-order valence-electron chi connectivity index (χ4n) is 2.48. The lowest BCUT2D eigenvalue weighted by Crippen LogP contribution is -1.96. The Bertz CT molecular complexity index is 563. The van der Waals surface area contributed by atoms with Crippen LogP contribution >= 0.6 is 18.5 Å². The summed E-state index contributed by atoms with van der Waals surface area (Å²) in [5, 5.41) is 1.24. The summed E-state index contributed by atoms with van der Waals surface area (Å²) in [5.41, 5.74) is 8.21. The summed E-state index contributed by atoms with van der Waals surface area (Å²) in [6, 6.07) is 11.2. The molecule has 0 aliphatic carbocycles. The van der Waals surface area contributed by atoms with Crippen molar-refractivity contribution in [2.75, 3.05) is 0 Å². The lowest BCUT2D eigenvalue weighted by Gasteiger charge is -2.13. The minimum Gasteiger partial charge on any atom is -0.133 e. The maximum atomic E-state index is 2.82. The third-order valence-corrected chi connectivity index (χ3v) is 4.23. The molecule has 0 radical (unpaired) electrons. The smallest absolute Gasteiger partial charge is 0.0123 e. The zero-order chi connectivity index (χ0) is 13.3. The van der Waals surface area contributed by atoms with E-state index in [1.807, 2.05) is 0 Å². The van der Waals surface area contributed by atoms with Gasteiger partial charge in [0.05, 0.1) is 0 Å². The standard InChI is InChI=1S/C16H20P2/c1-10-6-13(7-11(2)16(10)9-17)15-5-4-14(18)8-12(15)3/h4-8H,9,17-18H2,1-3H3. The van der Waals surface area contributed by atoms with E-state index in [-0.39, 0.29) is 0 Å². The minimum atomic E-state index is 1.03. The molecule has 0 aliphatic rings. The molecule has 2 heteroatoms. The van der Waals surface area contributed by atoms with Crippen LogP contribution in [0, 0.1) is 20.8 Å². The number of aryl methyl sites for hydroxylation is 3. The number of hydrogen-bond acceptors (Lipinski definition) is 0. The summed E-state index contributed by atoms with van der Waals surface area (Å²) in [7, 11) is 5.57. The van der Waals surface area contributed by atoms with Crippen LogP contribution in [0.2, 0.25) is 0 Å². The SMILES string of the molecule is Cc1cc(P)ccc1-c1cc(C)c(CP)c(C)c1. The number of rotatable bonds is 2. The minimum absolute atomic E-state index is 1.03. The van der Waals surface area contributed by atoms with Gasteiger partial charge in [0.2, 0.25) is 0 Å². The van der Waals surface area contributed by atoms with Crippen molar-refractivity contribution in [3.05, 3.63) is 52.6 Å². The van der Waals surface area contributed by atoms with Gasteiger partial charge in [-0.15, -0.1) is 18.5 Å². The first-order chi connectivity index (χ1) is 8.52. The van der Waals surface area contributed by atoms with Gasteiger partial charge in [0.15, 0.2) is 0 Å². The summed E-state index contributed by atoms with van der Waals surface area (Å²) in [5.74, 6) is 0. The highest BCUT2D eigenvalue weighted by atomic mass is 31.0. The van der Waals surface area contributed by atoms with E-state index in [0.717, 1.165) is 6.16 Å². The Morgan fingerprint density at radius 2 is 1.50 bits per heavy atom. The third-order valence-electron chi connectivity index (χ3n) is 3.46. The van der Waals surface area contributed by atoms with E-state index in [0.29, 0.717) is 0 Å². The van der Waals surface area contributed by atoms with Crippen molar-refractivity contribution in [2.45, 2.75) is 26.9 Å². The van der Waals surface area contributed by atoms with Crippen LogP contribution in [0.4, 0.5) is 0 Å². The van der Waals surface area contributed by atoms with Gasteiger partial charge in [-0.25, -0.2) is 0 Å². The van der Waals surface area contributed by atoms with Gasteiger partial charge in [-0.2, -0.15) is 0 Å². The van der Waals surface area contributed by atoms with Gasteiger partial charge in [0, 0.05) is 0 Å². The average molecular weight is 274 g/mol. The zero-order valence-corrected chi connectivity index (χ0v) is 13.6. The first kappa shape index (κ1) is 13.7. The van der Waals surface area contributed by atoms with Gasteiger partial charge in [-0.3, -0.25) is 0 Å². The van der Waals surface area contributed by atoms with Gasteiger partial charge in [-0.05, 0) is 65.6 Å². The van der Waals surface area contributed by atoms with Crippen molar-refractivity contribution < 1.29 is 0 Å². The number of hydrogen-bond donors (Lipinski definition) is 0. The summed E-state index contributed by atoms with van der Waals surface area (Å²) in [6.07, 6.45) is 1.03. The second-order valence-electron chi connectivity index (χ2n) is 4.87. The molecule has 2 unspecified atom stereocenters. The molecular formula is C16H20P2. The molecule has 0 saturated heterocycles. The molecule has 2 aromatic rings. The predicted octanol–water partition coefficient (Wildman–Crippen LogP) is 4.15. The van der Waals surface area contributed by atoms with Crippen molar-refractivity contribution >= 4 is 23.8 Å². The summed E-state index contributed by atoms with van der Waals surface area (Å²) >= 11 is 0. The van der Waals surface area contributed by atoms with Gasteiger partial charge in [0.25, 0.3) is 0 Å². The monoisotopic (exact) mass is 274 g/mol. The van der Waals surface area contributed by atoms with E-state index >= 15 is 0 Å². The molecule has 0 heterocycles. The van der Waals surface area contributed by atoms with Crippen LogP contribution < -0.4 is 5.30 Å². The Morgan fingerprint density at radius 3 is 2.00 bits per heavy atom. The van der Waals surface area contributed by atoms with Crippen molar-refractivity contribution in [1.29, 1.82) is 0 Å². The van der Waals surface area contributed by atoms with E-state index in [1.54, 1.807) is 0 Å². The van der Waals surface area contributed by atoms with Crippen molar-refractivity contribution in [1.82, 2.24) is 0 Å². The van der Waals surface area contributed by atoms with E-state index < -0.39 is 0 Å². The van der Waals surface area contributed by atoms with Crippen LogP contribution in [0.15, 0.2) is 30.3 Å². The van der Waals surface area contributed by atoms with Gasteiger partial charge >= 0.3 is 0 Å². The Hall–Kier alpha value is -0.700. The fraction of sp³-hybridized carbons (Fsp3) is 0.250. The molecule has 0 spiro atoms. The molecule has 0 aromatic heterocycles. The average Bonchev–Trinajstić information content (AvgIpc) is 2.28. The molecule has 0 nitrogen and oxygen atoms in total. The highest BCUT2D eigenvalue weighted by Gasteiger charge is 2.07. The molecule has 94 valence electrons. The Balaban J connectivity index is 2.58.